The van der Waals surface area contributed by atoms with E-state index in [-0.39, 0.29) is 11.9 Å². The van der Waals surface area contributed by atoms with Gasteiger partial charge in [-0.25, -0.2) is 0 Å². The summed E-state index contributed by atoms with van der Waals surface area (Å²) in [4.78, 5) is 11.2. The second-order valence-electron chi connectivity index (χ2n) is 6.09. The molecular formula is C22H36O2. The average molecular weight is 333 g/mol. The Morgan fingerprint density at radius 3 is 1.83 bits per heavy atom. The molecule has 0 radical (unpaired) electrons. The van der Waals surface area contributed by atoms with Crippen LogP contribution in [-0.4, -0.2) is 13.1 Å². The molecule has 24 heavy (non-hydrogen) atoms. The number of hydrogen-bond acceptors (Lipinski definition) is 2. The molecule has 0 aromatic heterocycles. The predicted octanol–water partition coefficient (Wildman–Crippen LogP) is 6.55. The van der Waals surface area contributed by atoms with E-state index in [0.717, 1.165) is 32.1 Å². The van der Waals surface area contributed by atoms with E-state index in [0.29, 0.717) is 0 Å². The summed E-state index contributed by atoms with van der Waals surface area (Å²) in [6, 6.07) is 0. The fraction of sp³-hybridized carbons (Fsp3) is 0.591. The molecule has 0 rings (SSSR count). The van der Waals surface area contributed by atoms with Crippen LogP contribution in [-0.2, 0) is 9.53 Å². The molecule has 0 saturated heterocycles. The first kappa shape index (κ1) is 22.4. The quantitative estimate of drug-likeness (QED) is 0.205. The van der Waals surface area contributed by atoms with E-state index in [2.05, 4.69) is 55.5 Å². The number of ether oxygens (including phenoxy) is 1. The normalized spacial score (nSPS) is 13.6. The van der Waals surface area contributed by atoms with Crippen molar-refractivity contribution in [2.75, 3.05) is 7.11 Å². The smallest absolute Gasteiger partial charge is 0.308 e. The van der Waals surface area contributed by atoms with Crippen LogP contribution in [0.15, 0.2) is 48.6 Å². The summed E-state index contributed by atoms with van der Waals surface area (Å²) in [5.74, 6) is -0.132. The van der Waals surface area contributed by atoms with E-state index in [1.54, 1.807) is 0 Å². The largest absolute Gasteiger partial charge is 0.469 e. The fourth-order valence-corrected chi connectivity index (χ4v) is 2.23. The minimum atomic E-state index is -0.120. The third-order valence-electron chi connectivity index (χ3n) is 3.83. The second kappa shape index (κ2) is 17.8. The van der Waals surface area contributed by atoms with Gasteiger partial charge in [-0.15, -0.1) is 0 Å². The van der Waals surface area contributed by atoms with E-state index in [1.165, 1.54) is 32.8 Å². The summed E-state index contributed by atoms with van der Waals surface area (Å²) >= 11 is 0. The lowest BCUT2D eigenvalue weighted by Gasteiger charge is -2.05. The minimum Gasteiger partial charge on any atom is -0.469 e. The summed E-state index contributed by atoms with van der Waals surface area (Å²) in [6.45, 7) is 4.15. The van der Waals surface area contributed by atoms with Crippen molar-refractivity contribution >= 4 is 5.97 Å². The number of methoxy groups -OCH3 is 1. The maximum Gasteiger partial charge on any atom is 0.308 e. The molecule has 0 spiro atoms. The fourth-order valence-electron chi connectivity index (χ4n) is 2.23. The van der Waals surface area contributed by atoms with Crippen molar-refractivity contribution in [3.63, 3.8) is 0 Å². The van der Waals surface area contributed by atoms with Crippen LogP contribution in [0.5, 0.6) is 0 Å². The first-order chi connectivity index (χ1) is 11.7. The number of unbranched alkanes of at least 4 members (excludes halogenated alkanes) is 3. The Morgan fingerprint density at radius 2 is 1.33 bits per heavy atom. The SMILES string of the molecule is CCCCC/C=C\C/C=C\C/C=C\C/C=C\CCC(C)C(=O)OC. The molecular weight excluding hydrogens is 296 g/mol. The topological polar surface area (TPSA) is 26.3 Å². The van der Waals surface area contributed by atoms with Gasteiger partial charge in [-0.2, -0.15) is 0 Å². The maximum absolute atomic E-state index is 11.2. The number of esters is 1. The van der Waals surface area contributed by atoms with Gasteiger partial charge in [0, 0.05) is 0 Å². The van der Waals surface area contributed by atoms with Gasteiger partial charge in [0.25, 0.3) is 0 Å². The zero-order valence-electron chi connectivity index (χ0n) is 15.9. The van der Waals surface area contributed by atoms with Crippen LogP contribution < -0.4 is 0 Å². The molecule has 0 heterocycles. The highest BCUT2D eigenvalue weighted by atomic mass is 16.5. The predicted molar refractivity (Wildman–Crippen MR) is 105 cm³/mol. The van der Waals surface area contributed by atoms with Gasteiger partial charge < -0.3 is 4.74 Å². The van der Waals surface area contributed by atoms with E-state index in [1.807, 2.05) is 6.92 Å². The highest BCUT2D eigenvalue weighted by Gasteiger charge is 2.10. The molecule has 1 unspecified atom stereocenters. The van der Waals surface area contributed by atoms with Gasteiger partial charge in [0.1, 0.15) is 0 Å². The third kappa shape index (κ3) is 15.3. The molecule has 0 aliphatic carbocycles. The lowest BCUT2D eigenvalue weighted by molar-refractivity contribution is -0.144. The number of carbonyl (C=O) groups excluding carboxylic acids is 1. The number of carbonyl (C=O) groups is 1. The maximum atomic E-state index is 11.2. The summed E-state index contributed by atoms with van der Waals surface area (Å²) < 4.78 is 4.71. The van der Waals surface area contributed by atoms with Crippen LogP contribution in [0.2, 0.25) is 0 Å². The van der Waals surface area contributed by atoms with Crippen molar-refractivity contribution in [3.05, 3.63) is 48.6 Å². The molecule has 0 saturated carbocycles. The molecule has 0 amide bonds. The summed E-state index contributed by atoms with van der Waals surface area (Å²) in [6.07, 6.45) is 27.6. The van der Waals surface area contributed by atoms with Crippen molar-refractivity contribution in [1.29, 1.82) is 0 Å². The Labute approximate surface area is 149 Å². The molecule has 0 aliphatic rings. The van der Waals surface area contributed by atoms with Crippen molar-refractivity contribution in [3.8, 4) is 0 Å². The molecule has 0 fully saturated rings. The van der Waals surface area contributed by atoms with Gasteiger partial charge in [0.15, 0.2) is 0 Å². The Morgan fingerprint density at radius 1 is 0.833 bits per heavy atom. The van der Waals surface area contributed by atoms with Crippen molar-refractivity contribution in [2.45, 2.75) is 71.6 Å². The first-order valence-corrected chi connectivity index (χ1v) is 9.40. The van der Waals surface area contributed by atoms with Gasteiger partial charge in [0.05, 0.1) is 13.0 Å². The summed E-state index contributed by atoms with van der Waals surface area (Å²) in [5.41, 5.74) is 0. The molecule has 0 bridgehead atoms. The first-order valence-electron chi connectivity index (χ1n) is 9.40. The van der Waals surface area contributed by atoms with Crippen LogP contribution in [0.3, 0.4) is 0 Å². The molecule has 2 nitrogen and oxygen atoms in total. The molecule has 136 valence electrons. The van der Waals surface area contributed by atoms with Crippen molar-refractivity contribution < 1.29 is 9.53 Å². The highest BCUT2D eigenvalue weighted by molar-refractivity contribution is 5.71. The Kier molecular flexibility index (Phi) is 16.6. The monoisotopic (exact) mass is 332 g/mol. The summed E-state index contributed by atoms with van der Waals surface area (Å²) in [7, 11) is 1.44. The van der Waals surface area contributed by atoms with Gasteiger partial charge in [-0.1, -0.05) is 75.3 Å². The van der Waals surface area contributed by atoms with Crippen LogP contribution in [0.4, 0.5) is 0 Å². The Hall–Kier alpha value is -1.57. The lowest BCUT2D eigenvalue weighted by Crippen LogP contribution is -2.11. The third-order valence-corrected chi connectivity index (χ3v) is 3.83. The number of rotatable bonds is 14. The van der Waals surface area contributed by atoms with Crippen LogP contribution in [0, 0.1) is 5.92 Å². The number of allylic oxidation sites excluding steroid dienone is 8. The van der Waals surface area contributed by atoms with Crippen molar-refractivity contribution in [1.82, 2.24) is 0 Å². The molecule has 0 aromatic carbocycles. The van der Waals surface area contributed by atoms with Crippen LogP contribution >= 0.6 is 0 Å². The second-order valence-corrected chi connectivity index (χ2v) is 6.09. The van der Waals surface area contributed by atoms with Gasteiger partial charge in [0.2, 0.25) is 0 Å². The average Bonchev–Trinajstić information content (AvgIpc) is 2.60. The van der Waals surface area contributed by atoms with Gasteiger partial charge in [-0.05, 0) is 44.9 Å². The minimum absolute atomic E-state index is 0.0129. The number of hydrogen-bond donors (Lipinski definition) is 0. The Balaban J connectivity index is 3.53. The molecule has 0 aliphatic heterocycles. The zero-order valence-corrected chi connectivity index (χ0v) is 15.9. The van der Waals surface area contributed by atoms with Crippen molar-refractivity contribution in [2.24, 2.45) is 5.92 Å². The van der Waals surface area contributed by atoms with E-state index < -0.39 is 0 Å². The highest BCUT2D eigenvalue weighted by Crippen LogP contribution is 2.08. The van der Waals surface area contributed by atoms with Crippen LogP contribution in [0.1, 0.15) is 71.6 Å². The van der Waals surface area contributed by atoms with Gasteiger partial charge in [-0.3, -0.25) is 4.79 Å². The van der Waals surface area contributed by atoms with E-state index in [9.17, 15) is 4.79 Å². The molecule has 0 N–H and O–H groups in total. The van der Waals surface area contributed by atoms with Gasteiger partial charge >= 0.3 is 5.97 Å². The van der Waals surface area contributed by atoms with Crippen LogP contribution in [0.25, 0.3) is 0 Å². The zero-order chi connectivity index (χ0) is 17.9. The summed E-state index contributed by atoms with van der Waals surface area (Å²) in [5, 5.41) is 0. The standard InChI is InChI=1S/C22H36O2/c1-4-5-6-7-8-9-10-11-12-13-14-15-16-17-18-19-20-21(2)22(23)24-3/h8-9,11-12,14-15,17-18,21H,4-7,10,13,16,19-20H2,1-3H3/b9-8-,12-11-,15-14-,18-17-. The Bertz CT molecular complexity index is 402. The molecule has 1 atom stereocenters. The molecule has 0 aromatic rings. The van der Waals surface area contributed by atoms with E-state index in [4.69, 9.17) is 4.74 Å². The van der Waals surface area contributed by atoms with E-state index >= 15 is 0 Å². The molecule has 2 heteroatoms. The lowest BCUT2D eigenvalue weighted by atomic mass is 10.1.